The summed E-state index contributed by atoms with van der Waals surface area (Å²) in [6, 6.07) is 10.6. The van der Waals surface area contributed by atoms with Gasteiger partial charge >= 0.3 is 0 Å². The zero-order valence-corrected chi connectivity index (χ0v) is 11.5. The van der Waals surface area contributed by atoms with Crippen LogP contribution in [-0.2, 0) is 6.42 Å². The van der Waals surface area contributed by atoms with Crippen molar-refractivity contribution in [1.82, 2.24) is 4.90 Å². The van der Waals surface area contributed by atoms with Crippen molar-refractivity contribution in [1.29, 1.82) is 0 Å². The number of thiocarbonyl (C=S) groups is 1. The van der Waals surface area contributed by atoms with Gasteiger partial charge in [-0.25, -0.2) is 0 Å². The summed E-state index contributed by atoms with van der Waals surface area (Å²) in [7, 11) is 2.12. The molecule has 1 atom stereocenters. The van der Waals surface area contributed by atoms with Gasteiger partial charge in [0.1, 0.15) is 0 Å². The van der Waals surface area contributed by atoms with Crippen LogP contribution in [0, 0.1) is 5.92 Å². The van der Waals surface area contributed by atoms with E-state index in [1.165, 1.54) is 12.0 Å². The van der Waals surface area contributed by atoms with Crippen LogP contribution >= 0.6 is 12.2 Å². The highest BCUT2D eigenvalue weighted by Gasteiger charge is 2.08. The molecule has 0 amide bonds. The Hall–Kier alpha value is -0.930. The third-order valence-corrected chi connectivity index (χ3v) is 3.32. The van der Waals surface area contributed by atoms with Gasteiger partial charge in [0, 0.05) is 12.5 Å². The average Bonchev–Trinajstić information content (AvgIpc) is 2.30. The Balaban J connectivity index is 2.20. The lowest BCUT2D eigenvalue weighted by molar-refractivity contribution is 0.311. The number of nitrogens with zero attached hydrogens (tertiary/aromatic N) is 1. The highest BCUT2D eigenvalue weighted by Crippen LogP contribution is 2.04. The number of hydrogen-bond donors (Lipinski definition) is 1. The zero-order chi connectivity index (χ0) is 12.7. The lowest BCUT2D eigenvalue weighted by Gasteiger charge is -2.20. The highest BCUT2D eigenvalue weighted by molar-refractivity contribution is 7.80. The first-order valence-corrected chi connectivity index (χ1v) is 6.52. The van der Waals surface area contributed by atoms with Gasteiger partial charge in [-0.2, -0.15) is 0 Å². The largest absolute Gasteiger partial charge is 0.393 e. The molecule has 0 bridgehead atoms. The van der Waals surface area contributed by atoms with Gasteiger partial charge in [-0.05, 0) is 32.0 Å². The summed E-state index contributed by atoms with van der Waals surface area (Å²) in [4.78, 5) is 2.91. The molecule has 0 aliphatic heterocycles. The van der Waals surface area contributed by atoms with E-state index in [4.69, 9.17) is 18.0 Å². The molecule has 3 heteroatoms. The van der Waals surface area contributed by atoms with Crippen LogP contribution < -0.4 is 5.73 Å². The van der Waals surface area contributed by atoms with Gasteiger partial charge in [-0.1, -0.05) is 49.5 Å². The molecule has 0 aromatic heterocycles. The third-order valence-electron chi connectivity index (χ3n) is 2.92. The van der Waals surface area contributed by atoms with E-state index in [0.29, 0.717) is 10.9 Å². The van der Waals surface area contributed by atoms with E-state index in [-0.39, 0.29) is 0 Å². The molecule has 0 spiro atoms. The van der Waals surface area contributed by atoms with Gasteiger partial charge in [-0.15, -0.1) is 0 Å². The lowest BCUT2D eigenvalue weighted by atomic mass is 10.1. The topological polar surface area (TPSA) is 29.3 Å². The van der Waals surface area contributed by atoms with Crippen molar-refractivity contribution < 1.29 is 0 Å². The Labute approximate surface area is 110 Å². The number of aryl methyl sites for hydroxylation is 1. The normalized spacial score (nSPS) is 12.6. The van der Waals surface area contributed by atoms with Crippen molar-refractivity contribution in [3.8, 4) is 0 Å². The van der Waals surface area contributed by atoms with Crippen molar-refractivity contribution in [2.24, 2.45) is 11.7 Å². The summed E-state index contributed by atoms with van der Waals surface area (Å²) in [5.41, 5.74) is 7.01. The molecule has 0 fully saturated rings. The Morgan fingerprint density at radius 3 is 2.59 bits per heavy atom. The van der Waals surface area contributed by atoms with Crippen LogP contribution in [0.3, 0.4) is 0 Å². The van der Waals surface area contributed by atoms with Crippen LogP contribution in [0.4, 0.5) is 0 Å². The Bertz CT molecular complexity index is 337. The van der Waals surface area contributed by atoms with Crippen LogP contribution in [-0.4, -0.2) is 30.0 Å². The molecular formula is C14H22N2S. The fourth-order valence-electron chi connectivity index (χ4n) is 1.85. The van der Waals surface area contributed by atoms with Crippen molar-refractivity contribution >= 4 is 17.2 Å². The van der Waals surface area contributed by atoms with Crippen molar-refractivity contribution in [3.63, 3.8) is 0 Å². The second-order valence-electron chi connectivity index (χ2n) is 4.65. The minimum atomic E-state index is 0.298. The maximum atomic E-state index is 5.61. The van der Waals surface area contributed by atoms with E-state index >= 15 is 0 Å². The van der Waals surface area contributed by atoms with Gasteiger partial charge in [-0.3, -0.25) is 0 Å². The van der Waals surface area contributed by atoms with Crippen LogP contribution in [0.2, 0.25) is 0 Å². The minimum absolute atomic E-state index is 0.298. The van der Waals surface area contributed by atoms with Crippen LogP contribution in [0.5, 0.6) is 0 Å². The van der Waals surface area contributed by atoms with E-state index in [1.807, 2.05) is 0 Å². The fourth-order valence-corrected chi connectivity index (χ4v) is 1.92. The molecule has 0 heterocycles. The molecule has 0 radical (unpaired) electrons. The van der Waals surface area contributed by atoms with E-state index in [1.54, 1.807) is 0 Å². The van der Waals surface area contributed by atoms with E-state index in [0.717, 1.165) is 19.5 Å². The number of hydrogen-bond acceptors (Lipinski definition) is 2. The second kappa shape index (κ2) is 7.41. The van der Waals surface area contributed by atoms with Crippen LogP contribution in [0.25, 0.3) is 0 Å². The number of rotatable bonds is 7. The quantitative estimate of drug-likeness (QED) is 0.754. The molecule has 94 valence electrons. The first kappa shape index (κ1) is 14.1. The Kier molecular flexibility index (Phi) is 6.16. The summed E-state index contributed by atoms with van der Waals surface area (Å²) >= 11 is 4.98. The average molecular weight is 250 g/mol. The van der Waals surface area contributed by atoms with E-state index in [2.05, 4.69) is 49.2 Å². The molecule has 0 saturated carbocycles. The Morgan fingerprint density at radius 1 is 1.35 bits per heavy atom. The molecule has 2 nitrogen and oxygen atoms in total. The molecule has 0 aliphatic carbocycles. The van der Waals surface area contributed by atoms with Gasteiger partial charge in [0.15, 0.2) is 0 Å². The molecule has 17 heavy (non-hydrogen) atoms. The standard InChI is InChI=1S/C14H22N2S/c1-12(14(15)17)11-16(2)10-6-9-13-7-4-3-5-8-13/h3-5,7-8,12H,6,9-11H2,1-2H3,(H2,15,17). The van der Waals surface area contributed by atoms with Crippen LogP contribution in [0.15, 0.2) is 30.3 Å². The van der Waals surface area contributed by atoms with Crippen molar-refractivity contribution in [2.75, 3.05) is 20.1 Å². The number of nitrogens with two attached hydrogens (primary N) is 1. The van der Waals surface area contributed by atoms with Crippen molar-refractivity contribution in [2.45, 2.75) is 19.8 Å². The predicted octanol–water partition coefficient (Wildman–Crippen LogP) is 2.47. The molecule has 1 rings (SSSR count). The second-order valence-corrected chi connectivity index (χ2v) is 5.13. The summed E-state index contributed by atoms with van der Waals surface area (Å²) < 4.78 is 0. The van der Waals surface area contributed by atoms with Gasteiger partial charge < -0.3 is 10.6 Å². The summed E-state index contributed by atoms with van der Waals surface area (Å²) in [5.74, 6) is 0.298. The van der Waals surface area contributed by atoms with Crippen molar-refractivity contribution in [3.05, 3.63) is 35.9 Å². The SMILES string of the molecule is CC(CN(C)CCCc1ccccc1)C(N)=S. The molecule has 0 saturated heterocycles. The third kappa shape index (κ3) is 5.80. The molecular weight excluding hydrogens is 228 g/mol. The summed E-state index contributed by atoms with van der Waals surface area (Å²) in [5, 5.41) is 0. The van der Waals surface area contributed by atoms with Gasteiger partial charge in [0.05, 0.1) is 4.99 Å². The Morgan fingerprint density at radius 2 is 2.00 bits per heavy atom. The molecule has 2 N–H and O–H groups in total. The lowest BCUT2D eigenvalue weighted by Crippen LogP contribution is -2.32. The first-order valence-electron chi connectivity index (χ1n) is 6.11. The van der Waals surface area contributed by atoms with Gasteiger partial charge in [0.2, 0.25) is 0 Å². The minimum Gasteiger partial charge on any atom is -0.393 e. The molecule has 1 aromatic carbocycles. The maximum absolute atomic E-state index is 5.61. The molecule has 1 unspecified atom stereocenters. The summed E-state index contributed by atoms with van der Waals surface area (Å²) in [6.45, 7) is 4.11. The molecule has 0 aliphatic rings. The maximum Gasteiger partial charge on any atom is 0.0768 e. The summed E-state index contributed by atoms with van der Waals surface area (Å²) in [6.07, 6.45) is 2.30. The van der Waals surface area contributed by atoms with E-state index < -0.39 is 0 Å². The monoisotopic (exact) mass is 250 g/mol. The van der Waals surface area contributed by atoms with E-state index in [9.17, 15) is 0 Å². The van der Waals surface area contributed by atoms with Crippen LogP contribution in [0.1, 0.15) is 18.9 Å². The van der Waals surface area contributed by atoms with Gasteiger partial charge in [0.25, 0.3) is 0 Å². The molecule has 1 aromatic rings. The number of benzene rings is 1. The smallest absolute Gasteiger partial charge is 0.0768 e. The highest BCUT2D eigenvalue weighted by atomic mass is 32.1. The fraction of sp³-hybridized carbons (Fsp3) is 0.500. The zero-order valence-electron chi connectivity index (χ0n) is 10.7. The first-order chi connectivity index (χ1) is 8.09. The predicted molar refractivity (Wildman–Crippen MR) is 78.2 cm³/mol.